The number of allylic oxidation sites excluding steroid dienone is 8. The topological polar surface area (TPSA) is 0 Å². The van der Waals surface area contributed by atoms with Crippen LogP contribution in [0.4, 0.5) is 0 Å². The molecule has 1 atom stereocenters. The smallest absolute Gasteiger partial charge is 0.00267 e. The number of rotatable bonds is 0. The van der Waals surface area contributed by atoms with Gasteiger partial charge in [-0.25, -0.2) is 0 Å². The summed E-state index contributed by atoms with van der Waals surface area (Å²) < 4.78 is 0. The molecule has 0 heteroatoms. The van der Waals surface area contributed by atoms with E-state index in [1.54, 1.807) is 0 Å². The molecule has 0 aliphatic heterocycles. The van der Waals surface area contributed by atoms with E-state index in [2.05, 4.69) is 44.2 Å². The van der Waals surface area contributed by atoms with Gasteiger partial charge in [0.05, 0.1) is 0 Å². The summed E-state index contributed by atoms with van der Waals surface area (Å²) in [5.74, 6) is 0.665. The predicted octanol–water partition coefficient (Wildman–Crippen LogP) is 5.45. The lowest BCUT2D eigenvalue weighted by Gasteiger charge is -2.17. The first-order chi connectivity index (χ1) is 7.29. The molecule has 2 rings (SSSR count). The van der Waals surface area contributed by atoms with Crippen LogP contribution in [-0.2, 0) is 0 Å². The number of hydrogen-bond acceptors (Lipinski definition) is 0. The van der Waals surface area contributed by atoms with Gasteiger partial charge in [0.2, 0.25) is 0 Å². The quantitative estimate of drug-likeness (QED) is 0.507. The van der Waals surface area contributed by atoms with Crippen molar-refractivity contribution in [1.29, 1.82) is 0 Å². The van der Waals surface area contributed by atoms with Crippen LogP contribution in [0.5, 0.6) is 0 Å². The van der Waals surface area contributed by atoms with Gasteiger partial charge < -0.3 is 0 Å². The number of fused-ring (bicyclic) bond motifs is 1. The summed E-state index contributed by atoms with van der Waals surface area (Å²) in [7, 11) is 0. The van der Waals surface area contributed by atoms with Crippen LogP contribution in [0.1, 0.15) is 48.0 Å². The molecule has 0 nitrogen and oxygen atoms in total. The molecule has 1 unspecified atom stereocenters. The maximum atomic E-state index is 2.36. The van der Waals surface area contributed by atoms with E-state index in [4.69, 9.17) is 0 Å². The second-order valence-electron chi connectivity index (χ2n) is 3.90. The summed E-state index contributed by atoms with van der Waals surface area (Å²) >= 11 is 0. The third-order valence-corrected chi connectivity index (χ3v) is 3.08. The first-order valence-electron chi connectivity index (χ1n) is 6.02. The average Bonchev–Trinajstić information content (AvgIpc) is 2.44. The molecule has 0 radical (unpaired) electrons. The van der Waals surface area contributed by atoms with Crippen LogP contribution in [0, 0.1) is 5.92 Å². The molecule has 90 valence electrons. The second kappa shape index (κ2) is 7.27. The van der Waals surface area contributed by atoms with Gasteiger partial charge in [-0.3, -0.25) is 0 Å². The van der Waals surface area contributed by atoms with Gasteiger partial charge in [0, 0.05) is 5.92 Å². The molecule has 2 aliphatic carbocycles. The van der Waals surface area contributed by atoms with Crippen molar-refractivity contribution in [3.8, 4) is 0 Å². The molecule has 0 saturated heterocycles. The van der Waals surface area contributed by atoms with E-state index in [-0.39, 0.29) is 7.43 Å². The first kappa shape index (κ1) is 15.0. The van der Waals surface area contributed by atoms with Gasteiger partial charge in [0.15, 0.2) is 0 Å². The molecule has 0 aromatic heterocycles. The van der Waals surface area contributed by atoms with E-state index >= 15 is 0 Å². The highest BCUT2D eigenvalue weighted by atomic mass is 14.2. The molecule has 0 heterocycles. The highest BCUT2D eigenvalue weighted by molar-refractivity contribution is 5.44. The van der Waals surface area contributed by atoms with Crippen molar-refractivity contribution in [2.75, 3.05) is 0 Å². The molecule has 16 heavy (non-hydrogen) atoms. The zero-order chi connectivity index (χ0) is 11.3. The minimum atomic E-state index is 0. The van der Waals surface area contributed by atoms with Crippen molar-refractivity contribution < 1.29 is 0 Å². The second-order valence-corrected chi connectivity index (χ2v) is 3.90. The Morgan fingerprint density at radius 3 is 2.50 bits per heavy atom. The lowest BCUT2D eigenvalue weighted by molar-refractivity contribution is 0.696. The lowest BCUT2D eigenvalue weighted by Crippen LogP contribution is -2.02. The third kappa shape index (κ3) is 3.23. The summed E-state index contributed by atoms with van der Waals surface area (Å²) in [4.78, 5) is 0. The Labute approximate surface area is 101 Å². The standard InChI is InChI=1S/C13H16.C2H6.CH4/c1-10-6-5-8-12-7-3-4-9-13(12)11(10)2;1-2;/h3-4,6-7,9,12H,5,8H2,1-2H3;1-2H3;1H4. The summed E-state index contributed by atoms with van der Waals surface area (Å²) in [6, 6.07) is 0. The van der Waals surface area contributed by atoms with Crippen LogP contribution in [0.25, 0.3) is 0 Å². The molecule has 0 aromatic carbocycles. The van der Waals surface area contributed by atoms with Crippen molar-refractivity contribution in [2.24, 2.45) is 5.92 Å². The highest BCUT2D eigenvalue weighted by Crippen LogP contribution is 2.32. The fraction of sp³-hybridized carbons (Fsp3) is 0.500. The molecule has 0 N–H and O–H groups in total. The lowest BCUT2D eigenvalue weighted by atomic mass is 9.88. The molecule has 0 spiro atoms. The van der Waals surface area contributed by atoms with Crippen LogP contribution >= 0.6 is 0 Å². The SMILES string of the molecule is C.CC.CC1=CCCC2C=CC=CC2=C1C. The maximum Gasteiger partial charge on any atom is 0.00267 e. The minimum Gasteiger partial charge on any atom is -0.0813 e. The Kier molecular flexibility index (Phi) is 6.80. The molecular formula is C16H26. The highest BCUT2D eigenvalue weighted by Gasteiger charge is 2.16. The monoisotopic (exact) mass is 218 g/mol. The van der Waals surface area contributed by atoms with Gasteiger partial charge in [-0.05, 0) is 37.8 Å². The summed E-state index contributed by atoms with van der Waals surface area (Å²) in [6.07, 6.45) is 13.8. The van der Waals surface area contributed by atoms with E-state index in [1.165, 1.54) is 29.6 Å². The van der Waals surface area contributed by atoms with Crippen LogP contribution in [0.15, 0.2) is 47.1 Å². The predicted molar refractivity (Wildman–Crippen MR) is 75.5 cm³/mol. The molecule has 0 amide bonds. The van der Waals surface area contributed by atoms with Gasteiger partial charge in [-0.1, -0.05) is 57.2 Å². The van der Waals surface area contributed by atoms with E-state index in [0.29, 0.717) is 5.92 Å². The molecule has 0 aromatic rings. The van der Waals surface area contributed by atoms with Crippen LogP contribution < -0.4 is 0 Å². The van der Waals surface area contributed by atoms with E-state index in [1.807, 2.05) is 13.8 Å². The van der Waals surface area contributed by atoms with Crippen molar-refractivity contribution in [3.05, 3.63) is 47.1 Å². The van der Waals surface area contributed by atoms with Crippen LogP contribution in [-0.4, -0.2) is 0 Å². The van der Waals surface area contributed by atoms with Gasteiger partial charge in [-0.2, -0.15) is 0 Å². The Morgan fingerprint density at radius 2 is 1.81 bits per heavy atom. The van der Waals surface area contributed by atoms with Crippen molar-refractivity contribution in [2.45, 2.75) is 48.0 Å². The largest absolute Gasteiger partial charge is 0.0813 e. The van der Waals surface area contributed by atoms with E-state index in [9.17, 15) is 0 Å². The first-order valence-corrected chi connectivity index (χ1v) is 6.02. The van der Waals surface area contributed by atoms with Crippen molar-refractivity contribution in [1.82, 2.24) is 0 Å². The Balaban J connectivity index is 0.000000711. The summed E-state index contributed by atoms with van der Waals surface area (Å²) in [5.41, 5.74) is 4.45. The van der Waals surface area contributed by atoms with E-state index in [0.717, 1.165) is 0 Å². The fourth-order valence-corrected chi connectivity index (χ4v) is 2.10. The van der Waals surface area contributed by atoms with Crippen LogP contribution in [0.3, 0.4) is 0 Å². The third-order valence-electron chi connectivity index (χ3n) is 3.08. The van der Waals surface area contributed by atoms with Crippen LogP contribution in [0.2, 0.25) is 0 Å². The van der Waals surface area contributed by atoms with Crippen molar-refractivity contribution in [3.63, 3.8) is 0 Å². The maximum absolute atomic E-state index is 2.36. The average molecular weight is 218 g/mol. The molecular weight excluding hydrogens is 192 g/mol. The van der Waals surface area contributed by atoms with Gasteiger partial charge in [0.25, 0.3) is 0 Å². The minimum absolute atomic E-state index is 0. The van der Waals surface area contributed by atoms with Gasteiger partial charge in [0.1, 0.15) is 0 Å². The normalized spacial score (nSPS) is 22.2. The Morgan fingerprint density at radius 1 is 1.12 bits per heavy atom. The van der Waals surface area contributed by atoms with Gasteiger partial charge in [-0.15, -0.1) is 0 Å². The zero-order valence-corrected chi connectivity index (χ0v) is 10.4. The van der Waals surface area contributed by atoms with Gasteiger partial charge >= 0.3 is 0 Å². The molecule has 0 fully saturated rings. The Bertz CT molecular complexity index is 324. The van der Waals surface area contributed by atoms with Crippen molar-refractivity contribution >= 4 is 0 Å². The fourth-order valence-electron chi connectivity index (χ4n) is 2.10. The summed E-state index contributed by atoms with van der Waals surface area (Å²) in [5, 5.41) is 0. The molecule has 0 bridgehead atoms. The molecule has 0 saturated carbocycles. The molecule has 2 aliphatic rings. The van der Waals surface area contributed by atoms with E-state index < -0.39 is 0 Å². The summed E-state index contributed by atoms with van der Waals surface area (Å²) in [6.45, 7) is 8.46. The zero-order valence-electron chi connectivity index (χ0n) is 10.4. The Hall–Kier alpha value is -1.04. The number of hydrogen-bond donors (Lipinski definition) is 0.